The number of aliphatic hydroxyl groups is 2. The fraction of sp³-hybridized carbons (Fsp3) is 0.346. The van der Waals surface area contributed by atoms with Gasteiger partial charge in [0.1, 0.15) is 0 Å². The molecule has 0 spiro atoms. The highest BCUT2D eigenvalue weighted by Crippen LogP contribution is 2.31. The number of nitrogens with zero attached hydrogens (tertiary/aromatic N) is 3. The summed E-state index contributed by atoms with van der Waals surface area (Å²) >= 11 is 0. The highest BCUT2D eigenvalue weighted by atomic mass is 16.3. The van der Waals surface area contributed by atoms with Crippen LogP contribution in [0, 0.1) is 0 Å². The van der Waals surface area contributed by atoms with Crippen molar-refractivity contribution in [3.63, 3.8) is 0 Å². The summed E-state index contributed by atoms with van der Waals surface area (Å²) < 4.78 is 1.72. The number of amides is 2. The van der Waals surface area contributed by atoms with E-state index in [1.165, 1.54) is 0 Å². The summed E-state index contributed by atoms with van der Waals surface area (Å²) in [5, 5.41) is 27.9. The highest BCUT2D eigenvalue weighted by molar-refractivity contribution is 5.91. The Hall–Kier alpha value is -3.49. The summed E-state index contributed by atoms with van der Waals surface area (Å²) in [6.07, 6.45) is 2.39. The van der Waals surface area contributed by atoms with Gasteiger partial charge < -0.3 is 20.4 Å². The van der Waals surface area contributed by atoms with E-state index < -0.39 is 30.1 Å². The van der Waals surface area contributed by atoms with Gasteiger partial charge in [-0.25, -0.2) is 4.68 Å². The van der Waals surface area contributed by atoms with Crippen molar-refractivity contribution in [2.45, 2.75) is 50.5 Å². The zero-order chi connectivity index (χ0) is 24.1. The molecule has 1 saturated heterocycles. The van der Waals surface area contributed by atoms with E-state index in [9.17, 15) is 19.8 Å². The fourth-order valence-corrected chi connectivity index (χ4v) is 4.38. The maximum atomic E-state index is 13.1. The van der Waals surface area contributed by atoms with Gasteiger partial charge in [-0.2, -0.15) is 5.10 Å². The van der Waals surface area contributed by atoms with Gasteiger partial charge in [0.2, 0.25) is 0 Å². The molecule has 3 aromatic rings. The molecule has 1 aliphatic rings. The Morgan fingerprint density at radius 3 is 2.41 bits per heavy atom. The molecule has 3 N–H and O–H groups in total. The average Bonchev–Trinajstić information content (AvgIpc) is 3.43. The molecular weight excluding hydrogens is 432 g/mol. The minimum Gasteiger partial charge on any atom is -0.380 e. The second kappa shape index (κ2) is 10.6. The lowest BCUT2D eigenvalue weighted by Crippen LogP contribution is -2.52. The van der Waals surface area contributed by atoms with Gasteiger partial charge in [-0.3, -0.25) is 9.59 Å². The van der Waals surface area contributed by atoms with E-state index in [1.807, 2.05) is 66.9 Å². The topological polar surface area (TPSA) is 108 Å². The van der Waals surface area contributed by atoms with Crippen LogP contribution in [0.15, 0.2) is 73.1 Å². The number of likely N-dealkylation sites (tertiary alicyclic amines) is 1. The SMILES string of the molecule is C[C@@H](NC(=O)[C@H](O)[C@@H](O)C(=O)N1CCCCC1c1ccccc1)c1ccc(-n2cccn2)cc1. The van der Waals surface area contributed by atoms with Crippen molar-refractivity contribution >= 4 is 11.8 Å². The quantitative estimate of drug-likeness (QED) is 0.500. The van der Waals surface area contributed by atoms with Crippen molar-refractivity contribution in [3.8, 4) is 5.69 Å². The van der Waals surface area contributed by atoms with Crippen molar-refractivity contribution < 1.29 is 19.8 Å². The largest absolute Gasteiger partial charge is 0.380 e. The third-order valence-corrected chi connectivity index (χ3v) is 6.31. The van der Waals surface area contributed by atoms with Crippen molar-refractivity contribution in [1.82, 2.24) is 20.0 Å². The maximum Gasteiger partial charge on any atom is 0.255 e. The third kappa shape index (κ3) is 5.18. The lowest BCUT2D eigenvalue weighted by Gasteiger charge is -2.37. The highest BCUT2D eigenvalue weighted by Gasteiger charge is 2.37. The summed E-state index contributed by atoms with van der Waals surface area (Å²) in [5.41, 5.74) is 2.68. The molecule has 2 heterocycles. The molecule has 2 aromatic carbocycles. The van der Waals surface area contributed by atoms with Crippen LogP contribution in [-0.2, 0) is 9.59 Å². The lowest BCUT2D eigenvalue weighted by molar-refractivity contribution is -0.156. The van der Waals surface area contributed by atoms with Gasteiger partial charge in [0, 0.05) is 18.9 Å². The molecule has 1 aliphatic heterocycles. The molecule has 8 nitrogen and oxygen atoms in total. The van der Waals surface area contributed by atoms with E-state index in [-0.39, 0.29) is 6.04 Å². The van der Waals surface area contributed by atoms with Gasteiger partial charge in [0.25, 0.3) is 11.8 Å². The average molecular weight is 463 g/mol. The van der Waals surface area contributed by atoms with E-state index in [2.05, 4.69) is 10.4 Å². The van der Waals surface area contributed by atoms with Gasteiger partial charge in [-0.15, -0.1) is 0 Å². The molecule has 34 heavy (non-hydrogen) atoms. The van der Waals surface area contributed by atoms with Crippen LogP contribution in [0.2, 0.25) is 0 Å². The van der Waals surface area contributed by atoms with Crippen LogP contribution in [0.1, 0.15) is 49.4 Å². The molecular formula is C26H30N4O4. The fourth-order valence-electron chi connectivity index (χ4n) is 4.38. The first kappa shape index (κ1) is 23.7. The third-order valence-electron chi connectivity index (χ3n) is 6.31. The monoisotopic (exact) mass is 462 g/mol. The van der Waals surface area contributed by atoms with Crippen molar-refractivity contribution in [2.24, 2.45) is 0 Å². The Bertz CT molecular complexity index is 1090. The summed E-state index contributed by atoms with van der Waals surface area (Å²) in [7, 11) is 0. The van der Waals surface area contributed by atoms with Crippen LogP contribution < -0.4 is 5.32 Å². The minimum absolute atomic E-state index is 0.181. The van der Waals surface area contributed by atoms with Crippen molar-refractivity contribution in [2.75, 3.05) is 6.54 Å². The molecule has 0 radical (unpaired) electrons. The predicted molar refractivity (Wildman–Crippen MR) is 127 cm³/mol. The minimum atomic E-state index is -1.86. The summed E-state index contributed by atoms with van der Waals surface area (Å²) in [6, 6.07) is 18.3. The van der Waals surface area contributed by atoms with Crippen LogP contribution in [0.3, 0.4) is 0 Å². The number of carbonyl (C=O) groups excluding carboxylic acids is 2. The van der Waals surface area contributed by atoms with Crippen LogP contribution in [0.4, 0.5) is 0 Å². The summed E-state index contributed by atoms with van der Waals surface area (Å²) in [5.74, 6) is -1.43. The first-order valence-electron chi connectivity index (χ1n) is 11.6. The van der Waals surface area contributed by atoms with Gasteiger partial charge in [-0.05, 0) is 55.5 Å². The number of hydrogen-bond donors (Lipinski definition) is 3. The first-order chi connectivity index (χ1) is 16.5. The van der Waals surface area contributed by atoms with Gasteiger partial charge in [-0.1, -0.05) is 42.5 Å². The number of hydrogen-bond acceptors (Lipinski definition) is 5. The number of piperidine rings is 1. The second-order valence-electron chi connectivity index (χ2n) is 8.62. The van der Waals surface area contributed by atoms with E-state index in [4.69, 9.17) is 0 Å². The standard InChI is InChI=1S/C26H30N4O4/c1-18(19-11-13-21(14-12-19)30-17-7-15-27-30)28-25(33)23(31)24(32)26(34)29-16-6-5-10-22(29)20-8-3-2-4-9-20/h2-4,7-9,11-15,17-18,22-24,31-32H,5-6,10,16H2,1H3,(H,28,33)/t18-,22?,23-,24-/m1/s1. The van der Waals surface area contributed by atoms with Crippen molar-refractivity contribution in [3.05, 3.63) is 84.2 Å². The molecule has 178 valence electrons. The normalized spacial score (nSPS) is 18.7. The van der Waals surface area contributed by atoms with Crippen LogP contribution in [0.25, 0.3) is 5.69 Å². The Morgan fingerprint density at radius 1 is 1.00 bits per heavy atom. The Kier molecular flexibility index (Phi) is 7.40. The van der Waals surface area contributed by atoms with E-state index >= 15 is 0 Å². The van der Waals surface area contributed by atoms with Crippen LogP contribution in [-0.4, -0.2) is 55.5 Å². The van der Waals surface area contributed by atoms with Gasteiger partial charge >= 0.3 is 0 Å². The first-order valence-corrected chi connectivity index (χ1v) is 11.6. The lowest BCUT2D eigenvalue weighted by atomic mass is 9.94. The summed E-state index contributed by atoms with van der Waals surface area (Å²) in [6.45, 7) is 2.25. The number of benzene rings is 2. The summed E-state index contributed by atoms with van der Waals surface area (Å²) in [4.78, 5) is 27.3. The predicted octanol–water partition coefficient (Wildman–Crippen LogP) is 2.53. The van der Waals surface area contributed by atoms with E-state index in [0.717, 1.165) is 36.1 Å². The molecule has 0 aliphatic carbocycles. The molecule has 4 atom stereocenters. The van der Waals surface area contributed by atoms with Gasteiger partial charge in [0.05, 0.1) is 17.8 Å². The number of nitrogens with one attached hydrogen (secondary N) is 1. The Morgan fingerprint density at radius 2 is 1.74 bits per heavy atom. The molecule has 1 aromatic heterocycles. The Balaban J connectivity index is 1.38. The van der Waals surface area contributed by atoms with Crippen LogP contribution in [0.5, 0.6) is 0 Å². The molecule has 0 saturated carbocycles. The molecule has 0 bridgehead atoms. The maximum absolute atomic E-state index is 13.1. The number of aliphatic hydroxyl groups excluding tert-OH is 2. The van der Waals surface area contributed by atoms with Crippen LogP contribution >= 0.6 is 0 Å². The molecule has 2 amide bonds. The molecule has 1 unspecified atom stereocenters. The van der Waals surface area contributed by atoms with E-state index in [0.29, 0.717) is 6.54 Å². The zero-order valence-electron chi connectivity index (χ0n) is 19.1. The van der Waals surface area contributed by atoms with Crippen molar-refractivity contribution in [1.29, 1.82) is 0 Å². The number of aromatic nitrogens is 2. The van der Waals surface area contributed by atoms with Gasteiger partial charge in [0.15, 0.2) is 12.2 Å². The zero-order valence-corrected chi connectivity index (χ0v) is 19.1. The second-order valence-corrected chi connectivity index (χ2v) is 8.62. The Labute approximate surface area is 198 Å². The van der Waals surface area contributed by atoms with E-state index in [1.54, 1.807) is 22.7 Å². The number of rotatable bonds is 7. The number of carbonyl (C=O) groups is 2. The smallest absolute Gasteiger partial charge is 0.255 e. The molecule has 4 rings (SSSR count). The molecule has 8 heteroatoms. The molecule has 1 fully saturated rings.